The zero-order valence-electron chi connectivity index (χ0n) is 13.1. The summed E-state index contributed by atoms with van der Waals surface area (Å²) in [5.41, 5.74) is 0.782. The second-order valence-electron chi connectivity index (χ2n) is 5.38. The Bertz CT molecular complexity index is 887. The average molecular weight is 362 g/mol. The number of aryl methyl sites for hydroxylation is 1. The van der Waals surface area contributed by atoms with E-state index in [1.807, 2.05) is 6.92 Å². The van der Waals surface area contributed by atoms with Gasteiger partial charge in [-0.1, -0.05) is 48.0 Å². The number of carbonyl (C=O) groups is 1. The van der Waals surface area contributed by atoms with Crippen molar-refractivity contribution in [3.05, 3.63) is 70.7 Å². The Kier molecular flexibility index (Phi) is 4.59. The van der Waals surface area contributed by atoms with Gasteiger partial charge in [-0.3, -0.25) is 4.79 Å². The number of hydrogen-bond acceptors (Lipinski definition) is 3. The first-order chi connectivity index (χ1) is 11.8. The lowest BCUT2D eigenvalue weighted by Gasteiger charge is -2.07. The van der Waals surface area contributed by atoms with Gasteiger partial charge in [0.05, 0.1) is 0 Å². The number of halogens is 3. The summed E-state index contributed by atoms with van der Waals surface area (Å²) in [5.74, 6) is -0.823. The minimum absolute atomic E-state index is 0.155. The van der Waals surface area contributed by atoms with E-state index in [-0.39, 0.29) is 5.01 Å². The zero-order chi connectivity index (χ0) is 18.0. The highest BCUT2D eigenvalue weighted by atomic mass is 32.1. The molecule has 7 heteroatoms. The highest BCUT2D eigenvalue weighted by Gasteiger charge is 2.39. The number of aromatic nitrogens is 1. The van der Waals surface area contributed by atoms with Crippen molar-refractivity contribution < 1.29 is 18.0 Å². The summed E-state index contributed by atoms with van der Waals surface area (Å²) in [7, 11) is 0. The third-order valence-corrected chi connectivity index (χ3v) is 4.54. The molecule has 0 fully saturated rings. The molecular weight excluding hydrogens is 349 g/mol. The van der Waals surface area contributed by atoms with Gasteiger partial charge in [-0.05, 0) is 19.1 Å². The van der Waals surface area contributed by atoms with Crippen LogP contribution in [0.1, 0.15) is 20.9 Å². The molecule has 0 aliphatic rings. The van der Waals surface area contributed by atoms with Crippen molar-refractivity contribution in [2.24, 2.45) is 0 Å². The van der Waals surface area contributed by atoms with Crippen molar-refractivity contribution in [1.82, 2.24) is 4.98 Å². The molecule has 0 aliphatic heterocycles. The number of thiazole rings is 1. The van der Waals surface area contributed by atoms with Crippen molar-refractivity contribution in [3.8, 4) is 10.6 Å². The van der Waals surface area contributed by atoms with Crippen molar-refractivity contribution in [2.75, 3.05) is 5.32 Å². The third-order valence-electron chi connectivity index (χ3n) is 3.43. The summed E-state index contributed by atoms with van der Waals surface area (Å²) in [6, 6.07) is 15.3. The molecule has 0 saturated carbocycles. The van der Waals surface area contributed by atoms with E-state index in [9.17, 15) is 18.0 Å². The molecule has 25 heavy (non-hydrogen) atoms. The Balaban J connectivity index is 1.97. The van der Waals surface area contributed by atoms with E-state index in [1.165, 1.54) is 0 Å². The fourth-order valence-electron chi connectivity index (χ4n) is 2.20. The summed E-state index contributed by atoms with van der Waals surface area (Å²) in [5, 5.41) is 2.65. The Morgan fingerprint density at radius 3 is 2.28 bits per heavy atom. The Morgan fingerprint density at radius 2 is 1.68 bits per heavy atom. The lowest BCUT2D eigenvalue weighted by Crippen LogP contribution is -2.17. The van der Waals surface area contributed by atoms with Crippen molar-refractivity contribution >= 4 is 22.9 Å². The number of hydrogen-bond donors (Lipinski definition) is 1. The first kappa shape index (κ1) is 17.2. The van der Waals surface area contributed by atoms with Crippen LogP contribution < -0.4 is 5.32 Å². The van der Waals surface area contributed by atoms with Gasteiger partial charge in [-0.2, -0.15) is 13.2 Å². The molecule has 0 aliphatic carbocycles. The molecule has 1 aromatic heterocycles. The molecular formula is C18H13F3N2OS. The first-order valence-electron chi connectivity index (χ1n) is 7.36. The summed E-state index contributed by atoms with van der Waals surface area (Å²) < 4.78 is 39.9. The van der Waals surface area contributed by atoms with Crippen LogP contribution in [0, 0.1) is 6.92 Å². The molecule has 0 radical (unpaired) electrons. The van der Waals surface area contributed by atoms with Gasteiger partial charge in [-0.25, -0.2) is 4.98 Å². The van der Waals surface area contributed by atoms with Crippen LogP contribution in [0.25, 0.3) is 10.6 Å². The molecule has 3 aromatic rings. The minimum Gasteiger partial charge on any atom is -0.321 e. The van der Waals surface area contributed by atoms with E-state index >= 15 is 0 Å². The standard InChI is InChI=1S/C18H13F3N2OS/c1-11-7-9-13(10-8-11)22-16(24)14-15(18(19,20)21)23-17(25-14)12-5-3-2-4-6-12/h2-10H,1H3,(H,22,24). The van der Waals surface area contributed by atoms with E-state index in [0.29, 0.717) is 11.3 Å². The fraction of sp³-hybridized carbons (Fsp3) is 0.111. The number of nitrogens with zero attached hydrogens (tertiary/aromatic N) is 1. The van der Waals surface area contributed by atoms with Crippen LogP contribution in [0.15, 0.2) is 54.6 Å². The lowest BCUT2D eigenvalue weighted by molar-refractivity contribution is -0.140. The topological polar surface area (TPSA) is 42.0 Å². The number of carbonyl (C=O) groups excluding carboxylic acids is 1. The Morgan fingerprint density at radius 1 is 1.04 bits per heavy atom. The van der Waals surface area contributed by atoms with Crippen LogP contribution in [0.4, 0.5) is 18.9 Å². The van der Waals surface area contributed by atoms with Crippen LogP contribution >= 0.6 is 11.3 Å². The number of anilines is 1. The highest BCUT2D eigenvalue weighted by molar-refractivity contribution is 7.17. The van der Waals surface area contributed by atoms with E-state index in [1.54, 1.807) is 54.6 Å². The summed E-state index contributed by atoms with van der Waals surface area (Å²) in [6.07, 6.45) is -4.70. The minimum atomic E-state index is -4.70. The van der Waals surface area contributed by atoms with E-state index in [0.717, 1.165) is 16.9 Å². The van der Waals surface area contributed by atoms with Gasteiger partial charge < -0.3 is 5.32 Å². The molecule has 2 aromatic carbocycles. The maximum Gasteiger partial charge on any atom is 0.435 e. The second-order valence-corrected chi connectivity index (χ2v) is 6.38. The molecule has 1 amide bonds. The molecule has 0 spiro atoms. The van der Waals surface area contributed by atoms with Gasteiger partial charge in [0.25, 0.3) is 5.91 Å². The van der Waals surface area contributed by atoms with Gasteiger partial charge in [0.15, 0.2) is 5.69 Å². The maximum atomic E-state index is 13.3. The number of benzene rings is 2. The summed E-state index contributed by atoms with van der Waals surface area (Å²) in [4.78, 5) is 15.6. The quantitative estimate of drug-likeness (QED) is 0.679. The molecule has 128 valence electrons. The SMILES string of the molecule is Cc1ccc(NC(=O)c2sc(-c3ccccc3)nc2C(F)(F)F)cc1. The van der Waals surface area contributed by atoms with E-state index in [2.05, 4.69) is 10.3 Å². The van der Waals surface area contributed by atoms with E-state index in [4.69, 9.17) is 0 Å². The average Bonchev–Trinajstić information content (AvgIpc) is 3.04. The molecule has 0 atom stereocenters. The van der Waals surface area contributed by atoms with Crippen LogP contribution in [0.2, 0.25) is 0 Å². The van der Waals surface area contributed by atoms with Crippen LogP contribution in [-0.2, 0) is 6.18 Å². The summed E-state index contributed by atoms with van der Waals surface area (Å²) in [6.45, 7) is 1.88. The molecule has 3 nitrogen and oxygen atoms in total. The largest absolute Gasteiger partial charge is 0.435 e. The molecule has 0 unspecified atom stereocenters. The molecule has 0 saturated heterocycles. The third kappa shape index (κ3) is 3.88. The number of amides is 1. The van der Waals surface area contributed by atoms with E-state index < -0.39 is 22.7 Å². The van der Waals surface area contributed by atoms with Crippen molar-refractivity contribution in [1.29, 1.82) is 0 Å². The Hall–Kier alpha value is -2.67. The van der Waals surface area contributed by atoms with Gasteiger partial charge in [-0.15, -0.1) is 11.3 Å². The predicted octanol–water partition coefficient (Wildman–Crippen LogP) is 5.39. The maximum absolute atomic E-state index is 13.3. The number of alkyl halides is 3. The van der Waals surface area contributed by atoms with Gasteiger partial charge in [0, 0.05) is 11.3 Å². The first-order valence-corrected chi connectivity index (χ1v) is 8.18. The Labute approximate surface area is 146 Å². The molecule has 3 rings (SSSR count). The number of nitrogens with one attached hydrogen (secondary N) is 1. The predicted molar refractivity (Wildman–Crippen MR) is 91.7 cm³/mol. The van der Waals surface area contributed by atoms with Crippen LogP contribution in [-0.4, -0.2) is 10.9 Å². The monoisotopic (exact) mass is 362 g/mol. The molecule has 1 N–H and O–H groups in total. The number of rotatable bonds is 3. The van der Waals surface area contributed by atoms with Crippen molar-refractivity contribution in [3.63, 3.8) is 0 Å². The van der Waals surface area contributed by atoms with Crippen LogP contribution in [0.3, 0.4) is 0 Å². The lowest BCUT2D eigenvalue weighted by atomic mass is 10.2. The fourth-order valence-corrected chi connectivity index (χ4v) is 3.18. The normalized spacial score (nSPS) is 11.4. The van der Waals surface area contributed by atoms with Gasteiger partial charge in [0.1, 0.15) is 9.88 Å². The van der Waals surface area contributed by atoms with Gasteiger partial charge in [0.2, 0.25) is 0 Å². The summed E-state index contributed by atoms with van der Waals surface area (Å²) >= 11 is 0.727. The smallest absolute Gasteiger partial charge is 0.321 e. The zero-order valence-corrected chi connectivity index (χ0v) is 13.9. The highest BCUT2D eigenvalue weighted by Crippen LogP contribution is 2.38. The van der Waals surface area contributed by atoms with Crippen LogP contribution in [0.5, 0.6) is 0 Å². The molecule has 0 bridgehead atoms. The second kappa shape index (κ2) is 6.68. The van der Waals surface area contributed by atoms with Gasteiger partial charge >= 0.3 is 6.18 Å². The molecule has 1 heterocycles. The van der Waals surface area contributed by atoms with Crippen molar-refractivity contribution in [2.45, 2.75) is 13.1 Å².